The lowest BCUT2D eigenvalue weighted by Gasteiger charge is -2.33. The second kappa shape index (κ2) is 5.24. The van der Waals surface area contributed by atoms with Gasteiger partial charge in [0.1, 0.15) is 0 Å². The van der Waals surface area contributed by atoms with Crippen LogP contribution in [0.3, 0.4) is 0 Å². The van der Waals surface area contributed by atoms with Gasteiger partial charge in [-0.05, 0) is 49.9 Å². The maximum Gasteiger partial charge on any atom is 0.0959 e. The predicted octanol–water partition coefficient (Wildman–Crippen LogP) is 3.98. The van der Waals surface area contributed by atoms with Gasteiger partial charge in [-0.1, -0.05) is 22.0 Å². The Morgan fingerprint density at radius 3 is 2.85 bits per heavy atom. The number of aromatic nitrogens is 1. The fourth-order valence-electron chi connectivity index (χ4n) is 2.86. The molecule has 20 heavy (non-hydrogen) atoms. The topological polar surface area (TPSA) is 33.1 Å². The molecule has 106 valence electrons. The second-order valence-electron chi connectivity index (χ2n) is 5.74. The summed E-state index contributed by atoms with van der Waals surface area (Å²) >= 11 is 5.22. The van der Waals surface area contributed by atoms with Gasteiger partial charge in [0.2, 0.25) is 0 Å². The van der Waals surface area contributed by atoms with Crippen LogP contribution in [-0.4, -0.2) is 15.7 Å². The van der Waals surface area contributed by atoms with E-state index >= 15 is 0 Å². The molecule has 0 spiro atoms. The van der Waals surface area contributed by atoms with E-state index in [4.69, 9.17) is 0 Å². The molecule has 2 aromatic rings. The van der Waals surface area contributed by atoms with Crippen molar-refractivity contribution in [3.8, 4) is 0 Å². The van der Waals surface area contributed by atoms with Crippen molar-refractivity contribution in [3.05, 3.63) is 49.4 Å². The van der Waals surface area contributed by atoms with Crippen LogP contribution in [-0.2, 0) is 19.3 Å². The summed E-state index contributed by atoms with van der Waals surface area (Å²) in [6.45, 7) is 4.13. The van der Waals surface area contributed by atoms with E-state index in [1.165, 1.54) is 16.0 Å². The third kappa shape index (κ3) is 2.83. The van der Waals surface area contributed by atoms with Gasteiger partial charge in [0.25, 0.3) is 0 Å². The Hall–Kier alpha value is -0.710. The molecule has 2 nitrogen and oxygen atoms in total. The third-order valence-corrected chi connectivity index (χ3v) is 5.67. The van der Waals surface area contributed by atoms with Crippen LogP contribution in [0.25, 0.3) is 0 Å². The lowest BCUT2D eigenvalue weighted by atomic mass is 9.79. The summed E-state index contributed by atoms with van der Waals surface area (Å²) in [7, 11) is 0. The molecule has 3 rings (SSSR count). The Kier molecular flexibility index (Phi) is 3.73. The Morgan fingerprint density at radius 1 is 1.35 bits per heavy atom. The summed E-state index contributed by atoms with van der Waals surface area (Å²) in [5, 5.41) is 12.0. The highest BCUT2D eigenvalue weighted by atomic mass is 79.9. The Morgan fingerprint density at radius 2 is 2.15 bits per heavy atom. The molecular weight excluding hydrogens is 334 g/mol. The number of thiazole rings is 1. The van der Waals surface area contributed by atoms with Crippen molar-refractivity contribution in [2.45, 2.75) is 45.1 Å². The smallest absolute Gasteiger partial charge is 0.0959 e. The number of halogens is 1. The minimum Gasteiger partial charge on any atom is -0.389 e. The van der Waals surface area contributed by atoms with Gasteiger partial charge < -0.3 is 5.11 Å². The van der Waals surface area contributed by atoms with Crippen LogP contribution in [0.1, 0.15) is 33.1 Å². The second-order valence-corrected chi connectivity index (χ2v) is 7.94. The standard InChI is InChI=1S/C16H18BrNOS/c1-10-11(2)20-15(18-10)9-16(19)6-5-12-7-14(17)4-3-13(12)8-16/h3-4,7,19H,5-6,8-9H2,1-2H3. The molecule has 1 aromatic heterocycles. The maximum atomic E-state index is 10.9. The molecule has 1 atom stereocenters. The van der Waals surface area contributed by atoms with Crippen molar-refractivity contribution in [1.29, 1.82) is 0 Å². The van der Waals surface area contributed by atoms with Gasteiger partial charge in [-0.25, -0.2) is 4.98 Å². The number of hydrogen-bond acceptors (Lipinski definition) is 3. The van der Waals surface area contributed by atoms with Gasteiger partial charge in [-0.2, -0.15) is 0 Å². The number of nitrogens with zero attached hydrogens (tertiary/aromatic N) is 1. The average molecular weight is 352 g/mol. The maximum absolute atomic E-state index is 10.9. The van der Waals surface area contributed by atoms with Crippen LogP contribution in [0.2, 0.25) is 0 Å². The largest absolute Gasteiger partial charge is 0.389 e. The van der Waals surface area contributed by atoms with E-state index in [-0.39, 0.29) is 0 Å². The van der Waals surface area contributed by atoms with E-state index in [9.17, 15) is 5.11 Å². The first-order chi connectivity index (χ1) is 9.45. The molecule has 1 unspecified atom stereocenters. The summed E-state index contributed by atoms with van der Waals surface area (Å²) in [6.07, 6.45) is 3.15. The summed E-state index contributed by atoms with van der Waals surface area (Å²) in [4.78, 5) is 5.82. The van der Waals surface area contributed by atoms with Crippen molar-refractivity contribution in [2.75, 3.05) is 0 Å². The minimum absolute atomic E-state index is 0.641. The van der Waals surface area contributed by atoms with E-state index in [1.807, 2.05) is 6.92 Å². The molecule has 0 fully saturated rings. The van der Waals surface area contributed by atoms with Gasteiger partial charge in [0, 0.05) is 22.2 Å². The fourth-order valence-corrected chi connectivity index (χ4v) is 4.34. The molecule has 1 aromatic carbocycles. The van der Waals surface area contributed by atoms with Crippen molar-refractivity contribution in [3.63, 3.8) is 0 Å². The van der Waals surface area contributed by atoms with Gasteiger partial charge in [-0.3, -0.25) is 0 Å². The summed E-state index contributed by atoms with van der Waals surface area (Å²) in [5.41, 5.74) is 3.08. The molecule has 4 heteroatoms. The van der Waals surface area contributed by atoms with Gasteiger partial charge in [-0.15, -0.1) is 11.3 Å². The van der Waals surface area contributed by atoms with Crippen LogP contribution in [0.15, 0.2) is 22.7 Å². The normalized spacial score (nSPS) is 21.8. The predicted molar refractivity (Wildman–Crippen MR) is 86.4 cm³/mol. The molecule has 0 radical (unpaired) electrons. The van der Waals surface area contributed by atoms with Crippen LogP contribution < -0.4 is 0 Å². The van der Waals surface area contributed by atoms with Gasteiger partial charge in [0.15, 0.2) is 0 Å². The highest BCUT2D eigenvalue weighted by Gasteiger charge is 2.33. The molecule has 0 saturated heterocycles. The van der Waals surface area contributed by atoms with Crippen molar-refractivity contribution in [2.24, 2.45) is 0 Å². The van der Waals surface area contributed by atoms with Crippen LogP contribution in [0.5, 0.6) is 0 Å². The molecule has 0 amide bonds. The first kappa shape index (κ1) is 14.2. The van der Waals surface area contributed by atoms with E-state index in [0.717, 1.165) is 34.4 Å². The monoisotopic (exact) mass is 351 g/mol. The number of aryl methyl sites for hydroxylation is 3. The van der Waals surface area contributed by atoms with Crippen molar-refractivity contribution in [1.82, 2.24) is 4.98 Å². The van der Waals surface area contributed by atoms with Crippen LogP contribution in [0.4, 0.5) is 0 Å². The number of rotatable bonds is 2. The molecule has 0 saturated carbocycles. The summed E-state index contributed by atoms with van der Waals surface area (Å²) in [6, 6.07) is 6.36. The molecule has 1 aliphatic carbocycles. The third-order valence-electron chi connectivity index (χ3n) is 4.10. The van der Waals surface area contributed by atoms with Crippen LogP contribution in [0, 0.1) is 13.8 Å². The number of fused-ring (bicyclic) bond motifs is 1. The van der Waals surface area contributed by atoms with Crippen molar-refractivity contribution >= 4 is 27.3 Å². The van der Waals surface area contributed by atoms with Gasteiger partial charge in [0.05, 0.1) is 16.3 Å². The van der Waals surface area contributed by atoms with Gasteiger partial charge >= 0.3 is 0 Å². The highest BCUT2D eigenvalue weighted by Crippen LogP contribution is 2.34. The van der Waals surface area contributed by atoms with E-state index < -0.39 is 5.60 Å². The Balaban J connectivity index is 1.82. The number of aliphatic hydroxyl groups is 1. The molecule has 1 N–H and O–H groups in total. The number of benzene rings is 1. The molecule has 0 aliphatic heterocycles. The quantitative estimate of drug-likeness (QED) is 0.887. The van der Waals surface area contributed by atoms with E-state index in [1.54, 1.807) is 11.3 Å². The van der Waals surface area contributed by atoms with E-state index in [2.05, 4.69) is 46.0 Å². The zero-order valence-electron chi connectivity index (χ0n) is 11.7. The first-order valence-electron chi connectivity index (χ1n) is 6.88. The Bertz CT molecular complexity index is 632. The van der Waals surface area contributed by atoms with Crippen molar-refractivity contribution < 1.29 is 5.11 Å². The SMILES string of the molecule is Cc1nc(CC2(O)CCc3cc(Br)ccc3C2)sc1C. The average Bonchev–Trinajstić information content (AvgIpc) is 2.68. The summed E-state index contributed by atoms with van der Waals surface area (Å²) in [5.74, 6) is 0. The lowest BCUT2D eigenvalue weighted by Crippen LogP contribution is -2.38. The molecule has 1 aliphatic rings. The molecular formula is C16H18BrNOS. The van der Waals surface area contributed by atoms with Crippen LogP contribution >= 0.6 is 27.3 Å². The fraction of sp³-hybridized carbons (Fsp3) is 0.438. The molecule has 1 heterocycles. The zero-order valence-corrected chi connectivity index (χ0v) is 14.1. The first-order valence-corrected chi connectivity index (χ1v) is 8.49. The zero-order chi connectivity index (χ0) is 14.3. The summed E-state index contributed by atoms with van der Waals surface area (Å²) < 4.78 is 1.12. The van der Waals surface area contributed by atoms with E-state index in [0.29, 0.717) is 6.42 Å². The highest BCUT2D eigenvalue weighted by molar-refractivity contribution is 9.10. The number of hydrogen-bond donors (Lipinski definition) is 1. The Labute approximate surface area is 132 Å². The minimum atomic E-state index is -0.641. The lowest BCUT2D eigenvalue weighted by molar-refractivity contribution is 0.0266. The molecule has 0 bridgehead atoms.